The normalized spacial score (nSPS) is 11.1. The highest BCUT2D eigenvalue weighted by Gasteiger charge is 2.18. The van der Waals surface area contributed by atoms with Crippen molar-refractivity contribution in [1.29, 1.82) is 0 Å². The standard InChI is InChI=1S/C20H26N2O4S/c1-4-16-6-8-17(9-7-16)21-20(23)14-15-22(27(3,24)25)18-10-12-19(13-11-18)26-5-2/h6-13H,4-5,14-15H2,1-3H3,(H,21,23). The zero-order valence-electron chi connectivity index (χ0n) is 15.9. The highest BCUT2D eigenvalue weighted by molar-refractivity contribution is 7.92. The Morgan fingerprint density at radius 2 is 1.67 bits per heavy atom. The van der Waals surface area contributed by atoms with Crippen molar-refractivity contribution < 1.29 is 17.9 Å². The summed E-state index contributed by atoms with van der Waals surface area (Å²) in [6.07, 6.45) is 2.11. The molecular weight excluding hydrogens is 364 g/mol. The van der Waals surface area contributed by atoms with E-state index in [4.69, 9.17) is 4.74 Å². The lowest BCUT2D eigenvalue weighted by molar-refractivity contribution is -0.116. The molecule has 0 aliphatic heterocycles. The van der Waals surface area contributed by atoms with Gasteiger partial charge in [0.15, 0.2) is 0 Å². The van der Waals surface area contributed by atoms with Crippen LogP contribution in [0.25, 0.3) is 0 Å². The monoisotopic (exact) mass is 390 g/mol. The van der Waals surface area contributed by atoms with Crippen LogP contribution in [0, 0.1) is 0 Å². The Labute approximate surface area is 161 Å². The predicted molar refractivity (Wildman–Crippen MR) is 109 cm³/mol. The number of rotatable bonds is 9. The molecular formula is C20H26N2O4S. The van der Waals surface area contributed by atoms with Crippen LogP contribution in [-0.2, 0) is 21.2 Å². The number of ether oxygens (including phenoxy) is 1. The highest BCUT2D eigenvalue weighted by Crippen LogP contribution is 2.22. The van der Waals surface area contributed by atoms with Crippen LogP contribution in [0.1, 0.15) is 25.8 Å². The molecule has 1 amide bonds. The van der Waals surface area contributed by atoms with Gasteiger partial charge >= 0.3 is 0 Å². The van der Waals surface area contributed by atoms with E-state index < -0.39 is 10.0 Å². The fraction of sp³-hybridized carbons (Fsp3) is 0.350. The maximum atomic E-state index is 12.2. The van der Waals surface area contributed by atoms with Gasteiger partial charge in [-0.25, -0.2) is 8.42 Å². The van der Waals surface area contributed by atoms with Crippen molar-refractivity contribution in [2.75, 3.05) is 29.0 Å². The Balaban J connectivity index is 2.02. The smallest absolute Gasteiger partial charge is 0.232 e. The van der Waals surface area contributed by atoms with Gasteiger partial charge in [-0.05, 0) is 55.3 Å². The Bertz CT molecular complexity index is 847. The first-order chi connectivity index (χ1) is 12.8. The largest absolute Gasteiger partial charge is 0.494 e. The predicted octanol–water partition coefficient (Wildman–Crippen LogP) is 3.44. The van der Waals surface area contributed by atoms with Crippen LogP contribution in [-0.4, -0.2) is 33.7 Å². The Kier molecular flexibility index (Phi) is 7.24. The van der Waals surface area contributed by atoms with E-state index in [2.05, 4.69) is 12.2 Å². The van der Waals surface area contributed by atoms with Crippen LogP contribution in [0.2, 0.25) is 0 Å². The number of benzene rings is 2. The minimum absolute atomic E-state index is 0.0514. The zero-order valence-corrected chi connectivity index (χ0v) is 16.8. The second-order valence-electron chi connectivity index (χ2n) is 6.11. The molecule has 0 atom stereocenters. The first-order valence-corrected chi connectivity index (χ1v) is 10.8. The van der Waals surface area contributed by atoms with E-state index >= 15 is 0 Å². The number of amides is 1. The van der Waals surface area contributed by atoms with Crippen LogP contribution in [0.4, 0.5) is 11.4 Å². The zero-order chi connectivity index (χ0) is 19.9. The van der Waals surface area contributed by atoms with E-state index in [1.165, 1.54) is 9.87 Å². The molecule has 0 fully saturated rings. The number of carbonyl (C=O) groups is 1. The molecule has 0 unspecified atom stereocenters. The lowest BCUT2D eigenvalue weighted by atomic mass is 10.1. The van der Waals surface area contributed by atoms with Crippen molar-refractivity contribution in [2.45, 2.75) is 26.7 Å². The number of hydrogen-bond donors (Lipinski definition) is 1. The summed E-state index contributed by atoms with van der Waals surface area (Å²) in [6.45, 7) is 4.54. The summed E-state index contributed by atoms with van der Waals surface area (Å²) in [7, 11) is -3.51. The number of nitrogens with zero attached hydrogens (tertiary/aromatic N) is 1. The van der Waals surface area contributed by atoms with Gasteiger partial charge in [0.2, 0.25) is 15.9 Å². The first kappa shape index (κ1) is 20.8. The summed E-state index contributed by atoms with van der Waals surface area (Å²) in [6, 6.07) is 14.4. The maximum absolute atomic E-state index is 12.2. The average molecular weight is 391 g/mol. The molecule has 2 aromatic rings. The molecule has 0 aromatic heterocycles. The van der Waals surface area contributed by atoms with Gasteiger partial charge in [-0.2, -0.15) is 0 Å². The second kappa shape index (κ2) is 9.41. The van der Waals surface area contributed by atoms with Crippen molar-refractivity contribution in [3.8, 4) is 5.75 Å². The van der Waals surface area contributed by atoms with Gasteiger partial charge < -0.3 is 10.1 Å². The number of aryl methyl sites for hydroxylation is 1. The Morgan fingerprint density at radius 3 is 2.19 bits per heavy atom. The summed E-state index contributed by atoms with van der Waals surface area (Å²) in [5.41, 5.74) is 2.39. The van der Waals surface area contributed by atoms with E-state index in [0.717, 1.165) is 12.7 Å². The van der Waals surface area contributed by atoms with Gasteiger partial charge in [-0.15, -0.1) is 0 Å². The van der Waals surface area contributed by atoms with E-state index in [-0.39, 0.29) is 18.9 Å². The summed E-state index contributed by atoms with van der Waals surface area (Å²) in [4.78, 5) is 12.2. The molecule has 146 valence electrons. The SMILES string of the molecule is CCOc1ccc(N(CCC(=O)Nc2ccc(CC)cc2)S(C)(=O)=O)cc1. The van der Waals surface area contributed by atoms with Crippen molar-refractivity contribution in [3.63, 3.8) is 0 Å². The quantitative estimate of drug-likeness (QED) is 0.712. The highest BCUT2D eigenvalue weighted by atomic mass is 32.2. The lowest BCUT2D eigenvalue weighted by Crippen LogP contribution is -2.33. The Hall–Kier alpha value is -2.54. The molecule has 0 saturated heterocycles. The molecule has 2 rings (SSSR count). The molecule has 0 bridgehead atoms. The molecule has 6 nitrogen and oxygen atoms in total. The van der Waals surface area contributed by atoms with Crippen molar-refractivity contribution >= 4 is 27.3 Å². The van der Waals surface area contributed by atoms with Gasteiger partial charge in [-0.1, -0.05) is 19.1 Å². The average Bonchev–Trinajstić information content (AvgIpc) is 2.63. The van der Waals surface area contributed by atoms with Crippen molar-refractivity contribution in [1.82, 2.24) is 0 Å². The van der Waals surface area contributed by atoms with E-state index in [1.807, 2.05) is 31.2 Å². The van der Waals surface area contributed by atoms with Crippen LogP contribution in [0.5, 0.6) is 5.75 Å². The molecule has 1 N–H and O–H groups in total. The van der Waals surface area contributed by atoms with Gasteiger partial charge in [-0.3, -0.25) is 9.10 Å². The first-order valence-electron chi connectivity index (χ1n) is 8.92. The van der Waals surface area contributed by atoms with Gasteiger partial charge in [0.05, 0.1) is 18.6 Å². The van der Waals surface area contributed by atoms with E-state index in [0.29, 0.717) is 23.7 Å². The van der Waals surface area contributed by atoms with Crippen LogP contribution >= 0.6 is 0 Å². The second-order valence-corrected chi connectivity index (χ2v) is 8.02. The van der Waals surface area contributed by atoms with Gasteiger partial charge in [0.25, 0.3) is 0 Å². The minimum atomic E-state index is -3.51. The van der Waals surface area contributed by atoms with Gasteiger partial charge in [0, 0.05) is 18.7 Å². The molecule has 0 aliphatic rings. The lowest BCUT2D eigenvalue weighted by Gasteiger charge is -2.22. The molecule has 0 spiro atoms. The topological polar surface area (TPSA) is 75.7 Å². The van der Waals surface area contributed by atoms with Crippen LogP contribution < -0.4 is 14.4 Å². The third kappa shape index (κ3) is 6.29. The Morgan fingerprint density at radius 1 is 1.04 bits per heavy atom. The van der Waals surface area contributed by atoms with E-state index in [9.17, 15) is 13.2 Å². The summed E-state index contributed by atoms with van der Waals surface area (Å²) >= 11 is 0. The van der Waals surface area contributed by atoms with Crippen molar-refractivity contribution in [2.24, 2.45) is 0 Å². The molecule has 0 radical (unpaired) electrons. The van der Waals surface area contributed by atoms with Crippen LogP contribution in [0.3, 0.4) is 0 Å². The number of sulfonamides is 1. The van der Waals surface area contributed by atoms with Crippen molar-refractivity contribution in [3.05, 3.63) is 54.1 Å². The number of hydrogen-bond acceptors (Lipinski definition) is 4. The fourth-order valence-electron chi connectivity index (χ4n) is 2.61. The molecule has 7 heteroatoms. The fourth-order valence-corrected chi connectivity index (χ4v) is 3.54. The molecule has 27 heavy (non-hydrogen) atoms. The summed E-state index contributed by atoms with van der Waals surface area (Å²) < 4.78 is 30.9. The summed E-state index contributed by atoms with van der Waals surface area (Å²) in [5.74, 6) is 0.432. The summed E-state index contributed by atoms with van der Waals surface area (Å²) in [5, 5.41) is 2.80. The third-order valence-corrected chi connectivity index (χ3v) is 5.22. The number of nitrogens with one attached hydrogen (secondary N) is 1. The van der Waals surface area contributed by atoms with E-state index in [1.54, 1.807) is 24.3 Å². The third-order valence-electron chi connectivity index (χ3n) is 4.02. The minimum Gasteiger partial charge on any atom is -0.494 e. The number of anilines is 2. The van der Waals surface area contributed by atoms with Gasteiger partial charge in [0.1, 0.15) is 5.75 Å². The molecule has 0 saturated carbocycles. The maximum Gasteiger partial charge on any atom is 0.232 e. The molecule has 2 aromatic carbocycles. The number of carbonyl (C=O) groups excluding carboxylic acids is 1. The molecule has 0 heterocycles. The van der Waals surface area contributed by atoms with Crippen LogP contribution in [0.15, 0.2) is 48.5 Å². The molecule has 0 aliphatic carbocycles.